The molecule has 112 valence electrons. The Balaban J connectivity index is 2.16. The van der Waals surface area contributed by atoms with Gasteiger partial charge >= 0.3 is 0 Å². The van der Waals surface area contributed by atoms with Crippen LogP contribution in [-0.4, -0.2) is 21.4 Å². The number of aromatic nitrogens is 2. The van der Waals surface area contributed by atoms with Gasteiger partial charge in [-0.15, -0.1) is 11.8 Å². The maximum absolute atomic E-state index is 12.8. The number of ketones is 1. The number of benzene rings is 1. The third-order valence-electron chi connectivity index (χ3n) is 3.58. The molecule has 0 saturated carbocycles. The van der Waals surface area contributed by atoms with Crippen molar-refractivity contribution in [3.8, 4) is 0 Å². The van der Waals surface area contributed by atoms with Crippen LogP contribution in [0.25, 0.3) is 5.65 Å². The Labute approximate surface area is 138 Å². The molecule has 0 N–H and O–H groups in total. The first kappa shape index (κ1) is 15.1. The minimum atomic E-state index is -0.0437. The minimum absolute atomic E-state index is 0.0437. The standard InChI is InChI=1S/C17H15ClN2OS/c1-3-11-8-9-20-14(10-11)19-17(22-2)15(20)16(21)12-4-6-13(18)7-5-12/h4-10H,3H2,1-2H3. The van der Waals surface area contributed by atoms with Gasteiger partial charge in [-0.3, -0.25) is 9.20 Å². The lowest BCUT2D eigenvalue weighted by Gasteiger charge is -2.04. The first-order valence-electron chi connectivity index (χ1n) is 6.99. The van der Waals surface area contributed by atoms with Crippen LogP contribution in [0.15, 0.2) is 47.6 Å². The maximum Gasteiger partial charge on any atom is 0.212 e. The van der Waals surface area contributed by atoms with Gasteiger partial charge < -0.3 is 0 Å². The molecule has 3 aromatic rings. The SMILES string of the molecule is CCc1ccn2c(C(=O)c3ccc(Cl)cc3)c(SC)nc2c1. The van der Waals surface area contributed by atoms with Crippen molar-refractivity contribution in [1.82, 2.24) is 9.38 Å². The molecule has 0 aliphatic heterocycles. The summed E-state index contributed by atoms with van der Waals surface area (Å²) in [5, 5.41) is 1.36. The molecular formula is C17H15ClN2OS. The molecule has 0 spiro atoms. The third kappa shape index (κ3) is 2.64. The van der Waals surface area contributed by atoms with E-state index in [9.17, 15) is 4.79 Å². The van der Waals surface area contributed by atoms with E-state index in [0.29, 0.717) is 16.3 Å². The monoisotopic (exact) mass is 330 g/mol. The van der Waals surface area contributed by atoms with Crippen molar-refractivity contribution in [3.05, 3.63) is 64.4 Å². The molecule has 0 radical (unpaired) electrons. The second-order valence-corrected chi connectivity index (χ2v) is 6.15. The van der Waals surface area contributed by atoms with E-state index in [4.69, 9.17) is 11.6 Å². The summed E-state index contributed by atoms with van der Waals surface area (Å²) in [6.07, 6.45) is 4.80. The van der Waals surface area contributed by atoms with E-state index in [1.807, 2.05) is 29.0 Å². The van der Waals surface area contributed by atoms with Crippen molar-refractivity contribution in [2.45, 2.75) is 18.4 Å². The maximum atomic E-state index is 12.8. The second-order valence-electron chi connectivity index (χ2n) is 4.92. The molecule has 0 aliphatic rings. The largest absolute Gasteiger partial charge is 0.296 e. The number of hydrogen-bond acceptors (Lipinski definition) is 3. The molecule has 0 unspecified atom stereocenters. The van der Waals surface area contributed by atoms with Gasteiger partial charge in [-0.2, -0.15) is 0 Å². The van der Waals surface area contributed by atoms with Crippen LogP contribution in [0.3, 0.4) is 0 Å². The molecule has 0 saturated heterocycles. The van der Waals surface area contributed by atoms with Gasteiger partial charge in [0.2, 0.25) is 5.78 Å². The van der Waals surface area contributed by atoms with Crippen molar-refractivity contribution < 1.29 is 4.79 Å². The number of fused-ring (bicyclic) bond motifs is 1. The molecule has 2 aromatic heterocycles. The summed E-state index contributed by atoms with van der Waals surface area (Å²) in [5.41, 5.74) is 3.23. The highest BCUT2D eigenvalue weighted by molar-refractivity contribution is 7.98. The number of pyridine rings is 1. The van der Waals surface area contributed by atoms with Gasteiger partial charge in [0.15, 0.2) is 0 Å². The van der Waals surface area contributed by atoms with Crippen LogP contribution in [0.1, 0.15) is 28.5 Å². The normalized spacial score (nSPS) is 11.0. The smallest absolute Gasteiger partial charge is 0.212 e. The highest BCUT2D eigenvalue weighted by Gasteiger charge is 2.20. The quantitative estimate of drug-likeness (QED) is 0.521. The summed E-state index contributed by atoms with van der Waals surface area (Å²) in [4.78, 5) is 17.4. The van der Waals surface area contributed by atoms with Crippen LogP contribution >= 0.6 is 23.4 Å². The first-order valence-corrected chi connectivity index (χ1v) is 8.59. The molecule has 22 heavy (non-hydrogen) atoms. The van der Waals surface area contributed by atoms with Gasteiger partial charge in [0.05, 0.1) is 0 Å². The highest BCUT2D eigenvalue weighted by Crippen LogP contribution is 2.25. The van der Waals surface area contributed by atoms with Crippen molar-refractivity contribution in [2.24, 2.45) is 0 Å². The lowest BCUT2D eigenvalue weighted by atomic mass is 10.1. The zero-order valence-electron chi connectivity index (χ0n) is 12.3. The molecule has 2 heterocycles. The summed E-state index contributed by atoms with van der Waals surface area (Å²) < 4.78 is 1.86. The number of rotatable bonds is 4. The number of nitrogens with zero attached hydrogens (tertiary/aromatic N) is 2. The fourth-order valence-corrected chi connectivity index (χ4v) is 3.07. The lowest BCUT2D eigenvalue weighted by molar-refractivity contribution is 0.103. The molecule has 3 rings (SSSR count). The Bertz CT molecular complexity index is 840. The number of halogens is 1. The van der Waals surface area contributed by atoms with Crippen molar-refractivity contribution in [2.75, 3.05) is 6.26 Å². The van der Waals surface area contributed by atoms with E-state index in [1.165, 1.54) is 17.3 Å². The van der Waals surface area contributed by atoms with Gasteiger partial charge in [-0.05, 0) is 54.6 Å². The molecule has 1 aromatic carbocycles. The van der Waals surface area contributed by atoms with E-state index in [0.717, 1.165) is 17.1 Å². The first-order chi connectivity index (χ1) is 10.6. The van der Waals surface area contributed by atoms with E-state index in [2.05, 4.69) is 11.9 Å². The predicted molar refractivity (Wildman–Crippen MR) is 91.2 cm³/mol. The summed E-state index contributed by atoms with van der Waals surface area (Å²) >= 11 is 7.38. The van der Waals surface area contributed by atoms with E-state index >= 15 is 0 Å². The average molecular weight is 331 g/mol. The van der Waals surface area contributed by atoms with Gasteiger partial charge in [-0.25, -0.2) is 4.98 Å². The van der Waals surface area contributed by atoms with Crippen LogP contribution in [0, 0.1) is 0 Å². The fourth-order valence-electron chi connectivity index (χ4n) is 2.37. The molecule has 0 atom stereocenters. The van der Waals surface area contributed by atoms with Crippen LogP contribution < -0.4 is 0 Å². The van der Waals surface area contributed by atoms with Crippen molar-refractivity contribution in [3.63, 3.8) is 0 Å². The minimum Gasteiger partial charge on any atom is -0.296 e. The number of imidazole rings is 1. The predicted octanol–water partition coefficient (Wildman–Crippen LogP) is 4.50. The topological polar surface area (TPSA) is 34.4 Å². The van der Waals surface area contributed by atoms with E-state index in [1.54, 1.807) is 24.3 Å². The third-order valence-corrected chi connectivity index (χ3v) is 4.50. The van der Waals surface area contributed by atoms with Crippen LogP contribution in [0.4, 0.5) is 0 Å². The second kappa shape index (κ2) is 6.15. The van der Waals surface area contributed by atoms with Crippen molar-refractivity contribution >= 4 is 34.8 Å². The zero-order chi connectivity index (χ0) is 15.7. The van der Waals surface area contributed by atoms with Crippen LogP contribution in [-0.2, 0) is 6.42 Å². The Morgan fingerprint density at radius 3 is 2.64 bits per heavy atom. The molecule has 0 aliphatic carbocycles. The number of carbonyl (C=O) groups excluding carboxylic acids is 1. The number of hydrogen-bond donors (Lipinski definition) is 0. The highest BCUT2D eigenvalue weighted by atomic mass is 35.5. The Morgan fingerprint density at radius 2 is 2.00 bits per heavy atom. The lowest BCUT2D eigenvalue weighted by Crippen LogP contribution is -2.06. The van der Waals surface area contributed by atoms with Gasteiger partial charge in [0.25, 0.3) is 0 Å². The summed E-state index contributed by atoms with van der Waals surface area (Å²) in [7, 11) is 0. The Morgan fingerprint density at radius 1 is 1.27 bits per heavy atom. The van der Waals surface area contributed by atoms with Gasteiger partial charge in [0, 0.05) is 16.8 Å². The van der Waals surface area contributed by atoms with Crippen molar-refractivity contribution in [1.29, 1.82) is 0 Å². The van der Waals surface area contributed by atoms with Gasteiger partial charge in [0.1, 0.15) is 16.4 Å². The average Bonchev–Trinajstić information content (AvgIpc) is 2.92. The van der Waals surface area contributed by atoms with Gasteiger partial charge in [-0.1, -0.05) is 18.5 Å². The zero-order valence-corrected chi connectivity index (χ0v) is 13.9. The number of carbonyl (C=O) groups is 1. The molecule has 0 amide bonds. The molecule has 5 heteroatoms. The molecule has 3 nitrogen and oxygen atoms in total. The molecule has 0 bridgehead atoms. The summed E-state index contributed by atoms with van der Waals surface area (Å²) in [6, 6.07) is 11.0. The fraction of sp³-hybridized carbons (Fsp3) is 0.176. The van der Waals surface area contributed by atoms with E-state index < -0.39 is 0 Å². The van der Waals surface area contributed by atoms with Crippen LogP contribution in [0.5, 0.6) is 0 Å². The number of thioether (sulfide) groups is 1. The Hall–Kier alpha value is -1.78. The van der Waals surface area contributed by atoms with Crippen LogP contribution in [0.2, 0.25) is 5.02 Å². The van der Waals surface area contributed by atoms with E-state index in [-0.39, 0.29) is 5.78 Å². The Kier molecular flexibility index (Phi) is 4.23. The number of aryl methyl sites for hydroxylation is 1. The molecule has 0 fully saturated rings. The molecular weight excluding hydrogens is 316 g/mol. The summed E-state index contributed by atoms with van der Waals surface area (Å²) in [5.74, 6) is -0.0437. The summed E-state index contributed by atoms with van der Waals surface area (Å²) in [6.45, 7) is 2.10.